The highest BCUT2D eigenvalue weighted by atomic mass is 79.9. The van der Waals surface area contributed by atoms with E-state index in [0.717, 1.165) is 23.7 Å². The summed E-state index contributed by atoms with van der Waals surface area (Å²) >= 11 is 3.48. The van der Waals surface area contributed by atoms with Crippen molar-refractivity contribution in [2.75, 3.05) is 0 Å². The van der Waals surface area contributed by atoms with Gasteiger partial charge >= 0.3 is 6.09 Å². The Kier molecular flexibility index (Phi) is 3.72. The van der Waals surface area contributed by atoms with Crippen LogP contribution in [0, 0.1) is 0 Å². The van der Waals surface area contributed by atoms with Gasteiger partial charge in [-0.15, -0.1) is 0 Å². The number of rotatable bonds is 1. The maximum Gasteiger partial charge on any atom is 0.410 e. The Bertz CT molecular complexity index is 555. The first-order valence-electron chi connectivity index (χ1n) is 7.47. The lowest BCUT2D eigenvalue weighted by atomic mass is 9.85. The molecule has 0 radical (unpaired) electrons. The molecule has 21 heavy (non-hydrogen) atoms. The van der Waals surface area contributed by atoms with Crippen molar-refractivity contribution in [1.82, 2.24) is 9.88 Å². The number of halogens is 1. The summed E-state index contributed by atoms with van der Waals surface area (Å²) in [5.74, 6) is 0.376. The molecule has 2 fully saturated rings. The van der Waals surface area contributed by atoms with E-state index in [-0.39, 0.29) is 12.1 Å². The van der Waals surface area contributed by atoms with Crippen molar-refractivity contribution in [2.24, 2.45) is 0 Å². The molecule has 2 bridgehead atoms. The Balaban J connectivity index is 1.79. The highest BCUT2D eigenvalue weighted by Gasteiger charge is 2.50. The quantitative estimate of drug-likeness (QED) is 0.763. The second-order valence-electron chi connectivity index (χ2n) is 6.96. The van der Waals surface area contributed by atoms with Gasteiger partial charge in [0.2, 0.25) is 0 Å². The van der Waals surface area contributed by atoms with Crippen LogP contribution in [0.25, 0.3) is 0 Å². The van der Waals surface area contributed by atoms with E-state index in [9.17, 15) is 4.79 Å². The number of amides is 1. The van der Waals surface area contributed by atoms with Gasteiger partial charge in [-0.05, 0) is 67.6 Å². The van der Waals surface area contributed by atoms with Crippen LogP contribution in [0.15, 0.2) is 22.9 Å². The standard InChI is InChI=1S/C16H21BrN2O2/c1-16(2,3)21-15(20)19-12-4-5-14(19)13(7-12)10-6-11(17)9-18-8-10/h6,8-9,12-14H,4-5,7H2,1-3H3. The normalized spacial score (nSPS) is 28.0. The highest BCUT2D eigenvalue weighted by Crippen LogP contribution is 2.47. The van der Waals surface area contributed by atoms with Gasteiger partial charge in [0.05, 0.1) is 0 Å². The third kappa shape index (κ3) is 2.93. The van der Waals surface area contributed by atoms with E-state index >= 15 is 0 Å². The first-order valence-corrected chi connectivity index (χ1v) is 8.26. The van der Waals surface area contributed by atoms with Crippen LogP contribution in [-0.4, -0.2) is 33.7 Å². The fraction of sp³-hybridized carbons (Fsp3) is 0.625. The van der Waals surface area contributed by atoms with Crippen LogP contribution in [0.5, 0.6) is 0 Å². The molecule has 3 atom stereocenters. The molecule has 2 saturated heterocycles. The first-order chi connectivity index (χ1) is 9.85. The van der Waals surface area contributed by atoms with Crippen LogP contribution in [0.3, 0.4) is 0 Å². The molecule has 4 nitrogen and oxygen atoms in total. The first kappa shape index (κ1) is 14.8. The lowest BCUT2D eigenvalue weighted by molar-refractivity contribution is 0.0213. The summed E-state index contributed by atoms with van der Waals surface area (Å²) in [5.41, 5.74) is 0.775. The van der Waals surface area contributed by atoms with Gasteiger partial charge in [-0.2, -0.15) is 0 Å². The lowest BCUT2D eigenvalue weighted by Crippen LogP contribution is -2.40. The fourth-order valence-corrected chi connectivity index (χ4v) is 3.96. The minimum Gasteiger partial charge on any atom is -0.444 e. The van der Waals surface area contributed by atoms with Gasteiger partial charge in [-0.25, -0.2) is 4.79 Å². The van der Waals surface area contributed by atoms with Crippen molar-refractivity contribution < 1.29 is 9.53 Å². The van der Waals surface area contributed by atoms with Gasteiger partial charge in [-0.3, -0.25) is 4.98 Å². The average Bonchev–Trinajstić information content (AvgIpc) is 2.94. The summed E-state index contributed by atoms with van der Waals surface area (Å²) in [6.07, 6.45) is 6.71. The van der Waals surface area contributed by atoms with Gasteiger partial charge in [0, 0.05) is 34.9 Å². The summed E-state index contributed by atoms with van der Waals surface area (Å²) in [4.78, 5) is 18.7. The highest BCUT2D eigenvalue weighted by molar-refractivity contribution is 9.10. The molecular formula is C16H21BrN2O2. The van der Waals surface area contributed by atoms with Crippen LogP contribution in [0.4, 0.5) is 4.79 Å². The molecular weight excluding hydrogens is 332 g/mol. The minimum absolute atomic E-state index is 0.166. The van der Waals surface area contributed by atoms with Gasteiger partial charge in [0.25, 0.3) is 0 Å². The monoisotopic (exact) mass is 352 g/mol. The Labute approximate surface area is 134 Å². The van der Waals surface area contributed by atoms with Crippen molar-refractivity contribution >= 4 is 22.0 Å². The molecule has 2 aliphatic rings. The summed E-state index contributed by atoms with van der Waals surface area (Å²) in [6.45, 7) is 5.75. The van der Waals surface area contributed by atoms with E-state index in [1.54, 1.807) is 6.20 Å². The maximum atomic E-state index is 12.4. The van der Waals surface area contributed by atoms with Gasteiger partial charge in [-0.1, -0.05) is 0 Å². The van der Waals surface area contributed by atoms with E-state index in [0.29, 0.717) is 12.0 Å². The number of ether oxygens (including phenoxy) is 1. The Morgan fingerprint density at radius 1 is 1.38 bits per heavy atom. The van der Waals surface area contributed by atoms with Crippen molar-refractivity contribution in [3.8, 4) is 0 Å². The molecule has 1 aromatic rings. The average molecular weight is 353 g/mol. The van der Waals surface area contributed by atoms with Crippen LogP contribution >= 0.6 is 15.9 Å². The zero-order valence-corrected chi connectivity index (χ0v) is 14.3. The number of nitrogens with zero attached hydrogens (tertiary/aromatic N) is 2. The lowest BCUT2D eigenvalue weighted by Gasteiger charge is -2.28. The molecule has 0 aromatic carbocycles. The van der Waals surface area contributed by atoms with Crippen molar-refractivity contribution in [1.29, 1.82) is 0 Å². The minimum atomic E-state index is -0.439. The molecule has 3 heterocycles. The molecule has 1 amide bonds. The molecule has 3 unspecified atom stereocenters. The second kappa shape index (κ2) is 5.27. The molecule has 0 N–H and O–H groups in total. The van der Waals surface area contributed by atoms with E-state index in [1.807, 2.05) is 31.9 Å². The van der Waals surface area contributed by atoms with Gasteiger partial charge in [0.15, 0.2) is 0 Å². The smallest absolute Gasteiger partial charge is 0.410 e. The summed E-state index contributed by atoms with van der Waals surface area (Å²) in [6, 6.07) is 2.68. The zero-order chi connectivity index (χ0) is 15.2. The molecule has 5 heteroatoms. The third-order valence-electron chi connectivity index (χ3n) is 4.30. The van der Waals surface area contributed by atoms with Crippen molar-refractivity contribution in [3.63, 3.8) is 0 Å². The van der Waals surface area contributed by atoms with Crippen molar-refractivity contribution in [2.45, 2.75) is 63.6 Å². The second-order valence-corrected chi connectivity index (χ2v) is 7.88. The molecule has 0 spiro atoms. The summed E-state index contributed by atoms with van der Waals surface area (Å²) in [5, 5.41) is 0. The molecule has 0 aliphatic carbocycles. The van der Waals surface area contributed by atoms with Gasteiger partial charge in [0.1, 0.15) is 5.60 Å². The molecule has 114 valence electrons. The van der Waals surface area contributed by atoms with E-state index in [4.69, 9.17) is 4.74 Å². The number of aromatic nitrogens is 1. The van der Waals surface area contributed by atoms with Crippen LogP contribution in [0.2, 0.25) is 0 Å². The van der Waals surface area contributed by atoms with Crippen LogP contribution in [-0.2, 0) is 4.74 Å². The largest absolute Gasteiger partial charge is 0.444 e. The van der Waals surface area contributed by atoms with E-state index in [2.05, 4.69) is 27.0 Å². The fourth-order valence-electron chi connectivity index (χ4n) is 3.58. The number of carbonyl (C=O) groups excluding carboxylic acids is 1. The van der Waals surface area contributed by atoms with Crippen molar-refractivity contribution in [3.05, 3.63) is 28.5 Å². The van der Waals surface area contributed by atoms with E-state index < -0.39 is 5.60 Å². The number of carbonyl (C=O) groups is 1. The molecule has 2 aliphatic heterocycles. The number of pyridine rings is 1. The van der Waals surface area contributed by atoms with Gasteiger partial charge < -0.3 is 9.64 Å². The Morgan fingerprint density at radius 3 is 2.81 bits per heavy atom. The van der Waals surface area contributed by atoms with E-state index in [1.165, 1.54) is 5.56 Å². The van der Waals surface area contributed by atoms with Crippen LogP contribution < -0.4 is 0 Å². The Morgan fingerprint density at radius 2 is 2.14 bits per heavy atom. The summed E-state index contributed by atoms with van der Waals surface area (Å²) < 4.78 is 6.56. The predicted octanol–water partition coefficient (Wildman–Crippen LogP) is 4.10. The maximum absolute atomic E-state index is 12.4. The summed E-state index contributed by atoms with van der Waals surface area (Å²) in [7, 11) is 0. The molecule has 3 rings (SSSR count). The predicted molar refractivity (Wildman–Crippen MR) is 84.2 cm³/mol. The number of hydrogen-bond acceptors (Lipinski definition) is 3. The number of fused-ring (bicyclic) bond motifs is 2. The molecule has 1 aromatic heterocycles. The topological polar surface area (TPSA) is 42.4 Å². The number of hydrogen-bond donors (Lipinski definition) is 0. The van der Waals surface area contributed by atoms with Crippen LogP contribution in [0.1, 0.15) is 51.5 Å². The SMILES string of the molecule is CC(C)(C)OC(=O)N1C2CCC1C(c1cncc(Br)c1)C2. The molecule has 0 saturated carbocycles. The third-order valence-corrected chi connectivity index (χ3v) is 4.73. The Hall–Kier alpha value is -1.10. The zero-order valence-electron chi connectivity index (χ0n) is 12.7.